The molecule has 0 radical (unpaired) electrons. The maximum Gasteiger partial charge on any atom is 0.222 e. The number of rotatable bonds is 5. The summed E-state index contributed by atoms with van der Waals surface area (Å²) in [6, 6.07) is 2.23. The van der Waals surface area contributed by atoms with Crippen LogP contribution in [-0.2, 0) is 11.2 Å². The molecule has 3 heterocycles. The summed E-state index contributed by atoms with van der Waals surface area (Å²) in [4.78, 5) is 28.2. The van der Waals surface area contributed by atoms with E-state index in [2.05, 4.69) is 29.8 Å². The third-order valence-corrected chi connectivity index (χ3v) is 5.73. The number of nitrogens with zero attached hydrogens (tertiary/aromatic N) is 4. The predicted molar refractivity (Wildman–Crippen MR) is 99.8 cm³/mol. The Labute approximate surface area is 147 Å². The zero-order valence-electron chi connectivity index (χ0n) is 14.8. The van der Waals surface area contributed by atoms with Crippen molar-refractivity contribution in [2.75, 3.05) is 31.1 Å². The van der Waals surface area contributed by atoms with Crippen molar-refractivity contribution in [3.8, 4) is 0 Å². The molecule has 1 aliphatic heterocycles. The zero-order chi connectivity index (χ0) is 17.1. The lowest BCUT2D eigenvalue weighted by molar-refractivity contribution is -0.131. The molecular weight excluding hydrogens is 320 g/mol. The molecule has 5 nitrogen and oxygen atoms in total. The van der Waals surface area contributed by atoms with Gasteiger partial charge in [-0.1, -0.05) is 20.3 Å². The van der Waals surface area contributed by atoms with Crippen LogP contribution >= 0.6 is 11.3 Å². The number of amides is 1. The number of hydrogen-bond donors (Lipinski definition) is 0. The highest BCUT2D eigenvalue weighted by atomic mass is 32.1. The maximum absolute atomic E-state index is 12.2. The summed E-state index contributed by atoms with van der Waals surface area (Å²) >= 11 is 1.76. The largest absolute Gasteiger partial charge is 0.352 e. The molecule has 0 unspecified atom stereocenters. The molecule has 0 aliphatic carbocycles. The first kappa shape index (κ1) is 17.1. The molecule has 0 atom stereocenters. The fourth-order valence-corrected chi connectivity index (χ4v) is 4.14. The van der Waals surface area contributed by atoms with Gasteiger partial charge in [-0.3, -0.25) is 4.79 Å². The summed E-state index contributed by atoms with van der Waals surface area (Å²) in [5.41, 5.74) is 0. The van der Waals surface area contributed by atoms with Crippen LogP contribution in [0.3, 0.4) is 0 Å². The Morgan fingerprint density at radius 1 is 1.21 bits per heavy atom. The Morgan fingerprint density at radius 2 is 1.96 bits per heavy atom. The number of unbranched alkanes of at least 4 members (excludes halogenated alkanes) is 1. The Morgan fingerprint density at radius 3 is 2.62 bits per heavy atom. The molecule has 2 aromatic rings. The summed E-state index contributed by atoms with van der Waals surface area (Å²) in [6.45, 7) is 9.53. The van der Waals surface area contributed by atoms with Gasteiger partial charge in [0.05, 0.1) is 5.39 Å². The normalized spacial score (nSPS) is 15.3. The van der Waals surface area contributed by atoms with Crippen LogP contribution in [0.2, 0.25) is 0 Å². The number of fused-ring (bicyclic) bond motifs is 1. The molecule has 0 N–H and O–H groups in total. The molecule has 1 saturated heterocycles. The minimum absolute atomic E-state index is 0.296. The lowest BCUT2D eigenvalue weighted by Gasteiger charge is -2.35. The number of carbonyl (C=O) groups is 1. The van der Waals surface area contributed by atoms with Crippen LogP contribution in [0.5, 0.6) is 0 Å². The monoisotopic (exact) mass is 346 g/mol. The fraction of sp³-hybridized carbons (Fsp3) is 0.611. The Hall–Kier alpha value is -1.69. The Balaban J connectivity index is 1.75. The van der Waals surface area contributed by atoms with E-state index in [1.807, 2.05) is 11.8 Å². The molecule has 0 saturated carbocycles. The number of piperazine rings is 1. The van der Waals surface area contributed by atoms with E-state index in [0.717, 1.165) is 67.3 Å². The molecule has 0 bridgehead atoms. The van der Waals surface area contributed by atoms with Crippen molar-refractivity contribution in [2.45, 2.75) is 46.5 Å². The summed E-state index contributed by atoms with van der Waals surface area (Å²) < 4.78 is 0. The molecule has 24 heavy (non-hydrogen) atoms. The van der Waals surface area contributed by atoms with E-state index in [1.165, 1.54) is 4.88 Å². The molecule has 1 fully saturated rings. The average Bonchev–Trinajstić information content (AvgIpc) is 3.02. The summed E-state index contributed by atoms with van der Waals surface area (Å²) in [5, 5.41) is 1.16. The van der Waals surface area contributed by atoms with Crippen LogP contribution < -0.4 is 4.90 Å². The van der Waals surface area contributed by atoms with Crippen molar-refractivity contribution >= 4 is 33.3 Å². The van der Waals surface area contributed by atoms with Gasteiger partial charge in [0.25, 0.3) is 0 Å². The SMILES string of the molecule is CCCCC(=O)N1CCN(c2nc(C)nc3sc(CC)cc23)CC1. The first-order valence-electron chi connectivity index (χ1n) is 8.92. The predicted octanol–water partition coefficient (Wildman–Crippen LogP) is 3.40. The van der Waals surface area contributed by atoms with Gasteiger partial charge in [-0.15, -0.1) is 11.3 Å². The van der Waals surface area contributed by atoms with Crippen LogP contribution in [0.4, 0.5) is 5.82 Å². The summed E-state index contributed by atoms with van der Waals surface area (Å²) in [6.07, 6.45) is 3.76. The molecule has 2 aromatic heterocycles. The number of thiophene rings is 1. The standard InChI is InChI=1S/C18H26N4OS/c1-4-6-7-16(23)21-8-10-22(11-9-21)17-15-12-14(5-2)24-18(15)20-13(3)19-17/h12H,4-11H2,1-3H3. The van der Waals surface area contributed by atoms with Gasteiger partial charge in [0.2, 0.25) is 5.91 Å². The molecular formula is C18H26N4OS. The van der Waals surface area contributed by atoms with Crippen molar-refractivity contribution in [1.29, 1.82) is 0 Å². The van der Waals surface area contributed by atoms with Crippen molar-refractivity contribution in [3.63, 3.8) is 0 Å². The lowest BCUT2D eigenvalue weighted by Crippen LogP contribution is -2.49. The molecule has 130 valence electrons. The van der Waals surface area contributed by atoms with E-state index in [-0.39, 0.29) is 0 Å². The number of aromatic nitrogens is 2. The third-order valence-electron chi connectivity index (χ3n) is 4.56. The minimum Gasteiger partial charge on any atom is -0.352 e. The molecule has 3 rings (SSSR count). The molecule has 1 amide bonds. The van der Waals surface area contributed by atoms with Crippen LogP contribution in [0.1, 0.15) is 43.8 Å². The van der Waals surface area contributed by atoms with Gasteiger partial charge in [0.1, 0.15) is 16.5 Å². The fourth-order valence-electron chi connectivity index (χ4n) is 3.13. The van der Waals surface area contributed by atoms with Crippen LogP contribution in [0.15, 0.2) is 6.07 Å². The summed E-state index contributed by atoms with van der Waals surface area (Å²) in [7, 11) is 0. The van der Waals surface area contributed by atoms with Gasteiger partial charge >= 0.3 is 0 Å². The van der Waals surface area contributed by atoms with Gasteiger partial charge in [-0.2, -0.15) is 0 Å². The first-order valence-corrected chi connectivity index (χ1v) is 9.73. The van der Waals surface area contributed by atoms with Crippen molar-refractivity contribution in [3.05, 3.63) is 16.8 Å². The minimum atomic E-state index is 0.296. The zero-order valence-corrected chi connectivity index (χ0v) is 15.7. The van der Waals surface area contributed by atoms with Gasteiger partial charge < -0.3 is 9.80 Å². The van der Waals surface area contributed by atoms with Crippen LogP contribution in [0, 0.1) is 6.92 Å². The van der Waals surface area contributed by atoms with Crippen LogP contribution in [-0.4, -0.2) is 47.0 Å². The van der Waals surface area contributed by atoms with E-state index in [9.17, 15) is 4.79 Å². The topological polar surface area (TPSA) is 49.3 Å². The second-order valence-corrected chi connectivity index (χ2v) is 7.47. The number of hydrogen-bond acceptors (Lipinski definition) is 5. The third kappa shape index (κ3) is 3.53. The summed E-state index contributed by atoms with van der Waals surface area (Å²) in [5.74, 6) is 2.15. The van der Waals surface area contributed by atoms with Gasteiger partial charge in [0, 0.05) is 37.5 Å². The second-order valence-electron chi connectivity index (χ2n) is 6.35. The highest BCUT2D eigenvalue weighted by Crippen LogP contribution is 2.31. The molecule has 0 spiro atoms. The average molecular weight is 347 g/mol. The van der Waals surface area contributed by atoms with E-state index in [4.69, 9.17) is 4.98 Å². The van der Waals surface area contributed by atoms with E-state index < -0.39 is 0 Å². The maximum atomic E-state index is 12.2. The highest BCUT2D eigenvalue weighted by molar-refractivity contribution is 7.18. The molecule has 1 aliphatic rings. The molecule has 0 aromatic carbocycles. The van der Waals surface area contributed by atoms with Gasteiger partial charge in [0.15, 0.2) is 0 Å². The number of aryl methyl sites for hydroxylation is 2. The van der Waals surface area contributed by atoms with Crippen molar-refractivity contribution in [1.82, 2.24) is 14.9 Å². The smallest absolute Gasteiger partial charge is 0.222 e. The number of anilines is 1. The van der Waals surface area contributed by atoms with E-state index >= 15 is 0 Å². The lowest BCUT2D eigenvalue weighted by atomic mass is 10.2. The van der Waals surface area contributed by atoms with Crippen molar-refractivity contribution < 1.29 is 4.79 Å². The second kappa shape index (κ2) is 7.47. The molecule has 6 heteroatoms. The van der Waals surface area contributed by atoms with Crippen molar-refractivity contribution in [2.24, 2.45) is 0 Å². The van der Waals surface area contributed by atoms with Gasteiger partial charge in [-0.05, 0) is 25.8 Å². The Bertz CT molecular complexity index is 719. The Kier molecular flexibility index (Phi) is 5.33. The van der Waals surface area contributed by atoms with Crippen LogP contribution in [0.25, 0.3) is 10.2 Å². The quantitative estimate of drug-likeness (QED) is 0.832. The van der Waals surface area contributed by atoms with E-state index in [1.54, 1.807) is 11.3 Å². The highest BCUT2D eigenvalue weighted by Gasteiger charge is 2.23. The first-order chi connectivity index (χ1) is 11.6. The number of carbonyl (C=O) groups excluding carboxylic acids is 1. The van der Waals surface area contributed by atoms with Gasteiger partial charge in [-0.25, -0.2) is 9.97 Å². The van der Waals surface area contributed by atoms with E-state index in [0.29, 0.717) is 12.3 Å².